The molecule has 10 heteroatoms. The molecule has 4 rings (SSSR count). The molecule has 0 amide bonds. The van der Waals surface area contributed by atoms with Crippen molar-refractivity contribution in [3.8, 4) is 5.69 Å². The lowest BCUT2D eigenvalue weighted by atomic mass is 10.0. The van der Waals surface area contributed by atoms with Crippen LogP contribution in [0.5, 0.6) is 0 Å². The summed E-state index contributed by atoms with van der Waals surface area (Å²) in [5.41, 5.74) is 2.70. The summed E-state index contributed by atoms with van der Waals surface area (Å²) in [5.74, 6) is -0.388. The molecule has 0 fully saturated rings. The van der Waals surface area contributed by atoms with Gasteiger partial charge in [0, 0.05) is 30.1 Å². The van der Waals surface area contributed by atoms with E-state index >= 15 is 0 Å². The minimum atomic E-state index is -0.927. The number of carboxylic acid groups (broad SMARTS) is 1. The Morgan fingerprint density at radius 3 is 2.50 bits per heavy atom. The summed E-state index contributed by atoms with van der Waals surface area (Å²) in [6.45, 7) is 1.85. The number of aliphatic carboxylic acids is 1. The number of pyridine rings is 1. The van der Waals surface area contributed by atoms with Gasteiger partial charge in [-0.15, -0.1) is 0 Å². The first-order valence-corrected chi connectivity index (χ1v) is 10.4. The van der Waals surface area contributed by atoms with Gasteiger partial charge < -0.3 is 5.11 Å². The molecule has 0 radical (unpaired) electrons. The molecular formula is C20H14Cl4N4O2. The molecule has 1 atom stereocenters. The molecule has 3 aromatic rings. The van der Waals surface area contributed by atoms with Gasteiger partial charge in [0.05, 0.1) is 37.2 Å². The van der Waals surface area contributed by atoms with Gasteiger partial charge in [0.1, 0.15) is 11.9 Å². The summed E-state index contributed by atoms with van der Waals surface area (Å²) >= 11 is 26.1. The van der Waals surface area contributed by atoms with Gasteiger partial charge in [0.25, 0.3) is 0 Å². The topological polar surface area (TPSA) is 80.4 Å². The zero-order valence-corrected chi connectivity index (χ0v) is 18.6. The Morgan fingerprint density at radius 2 is 1.83 bits per heavy atom. The largest absolute Gasteiger partial charge is 0.481 e. The summed E-state index contributed by atoms with van der Waals surface area (Å²) in [4.78, 5) is 25.0. The van der Waals surface area contributed by atoms with E-state index in [0.717, 1.165) is 5.69 Å². The lowest BCUT2D eigenvalue weighted by molar-refractivity contribution is -0.137. The van der Waals surface area contributed by atoms with Crippen LogP contribution in [0.3, 0.4) is 0 Å². The first kappa shape index (κ1) is 21.1. The van der Waals surface area contributed by atoms with E-state index in [1.54, 1.807) is 29.1 Å². The molecule has 6 nitrogen and oxygen atoms in total. The van der Waals surface area contributed by atoms with Gasteiger partial charge >= 0.3 is 5.97 Å². The number of hydrogen-bond acceptors (Lipinski definition) is 4. The number of halogens is 4. The summed E-state index contributed by atoms with van der Waals surface area (Å²) in [7, 11) is 0. The maximum atomic E-state index is 11.2. The van der Waals surface area contributed by atoms with Gasteiger partial charge in [-0.3, -0.25) is 19.3 Å². The predicted molar refractivity (Wildman–Crippen MR) is 118 cm³/mol. The summed E-state index contributed by atoms with van der Waals surface area (Å²) < 4.78 is 1.80. The van der Waals surface area contributed by atoms with Crippen molar-refractivity contribution < 1.29 is 9.90 Å². The molecule has 0 bridgehead atoms. The monoisotopic (exact) mass is 482 g/mol. The highest BCUT2D eigenvalue weighted by Gasteiger charge is 2.33. The maximum Gasteiger partial charge on any atom is 0.303 e. The Kier molecular flexibility index (Phi) is 5.77. The number of imidazole rings is 1. The highest BCUT2D eigenvalue weighted by atomic mass is 35.5. The fourth-order valence-corrected chi connectivity index (χ4v) is 4.47. The van der Waals surface area contributed by atoms with Crippen LogP contribution in [-0.4, -0.2) is 31.3 Å². The van der Waals surface area contributed by atoms with Gasteiger partial charge in [0.2, 0.25) is 0 Å². The van der Waals surface area contributed by atoms with E-state index in [0.29, 0.717) is 28.5 Å². The van der Waals surface area contributed by atoms with Gasteiger partial charge in [-0.05, 0) is 25.5 Å². The third-order valence-electron chi connectivity index (χ3n) is 4.79. The molecular weight excluding hydrogens is 470 g/mol. The molecule has 0 unspecified atom stereocenters. The van der Waals surface area contributed by atoms with E-state index in [2.05, 4.69) is 9.97 Å². The molecule has 3 heterocycles. The first-order chi connectivity index (χ1) is 14.3. The summed E-state index contributed by atoms with van der Waals surface area (Å²) in [6, 6.07) is 4.81. The van der Waals surface area contributed by atoms with Crippen molar-refractivity contribution in [3.63, 3.8) is 0 Å². The second kappa shape index (κ2) is 8.19. The van der Waals surface area contributed by atoms with Crippen molar-refractivity contribution >= 4 is 58.1 Å². The van der Waals surface area contributed by atoms with Gasteiger partial charge in [0.15, 0.2) is 0 Å². The number of benzene rings is 1. The summed E-state index contributed by atoms with van der Waals surface area (Å²) in [5, 5.41) is 9.83. The van der Waals surface area contributed by atoms with E-state index in [9.17, 15) is 9.90 Å². The van der Waals surface area contributed by atoms with Gasteiger partial charge in [-0.25, -0.2) is 4.98 Å². The van der Waals surface area contributed by atoms with Crippen molar-refractivity contribution in [2.45, 2.75) is 25.8 Å². The van der Waals surface area contributed by atoms with Crippen LogP contribution in [0, 0.1) is 6.92 Å². The Hall–Kier alpha value is -2.12. The van der Waals surface area contributed by atoms with Crippen LogP contribution in [0.1, 0.15) is 41.7 Å². The molecule has 1 aliphatic rings. The molecule has 0 spiro atoms. The van der Waals surface area contributed by atoms with Crippen molar-refractivity contribution in [2.75, 3.05) is 0 Å². The fourth-order valence-electron chi connectivity index (χ4n) is 3.46. The number of rotatable bonds is 4. The van der Waals surface area contributed by atoms with Crippen molar-refractivity contribution in [1.29, 1.82) is 0 Å². The highest BCUT2D eigenvalue weighted by molar-refractivity contribution is 6.54. The second-order valence-corrected chi connectivity index (χ2v) is 8.23. The van der Waals surface area contributed by atoms with Crippen LogP contribution in [0.4, 0.5) is 0 Å². The SMILES string of the molecule is Cc1cnc2n1-c1c(Cl)c(Cl)c(Cl)c(Cl)c1C(c1ccccn1)=N[C@H]2CCC(=O)O. The number of carbonyl (C=O) groups is 1. The molecule has 30 heavy (non-hydrogen) atoms. The van der Waals surface area contributed by atoms with Gasteiger partial charge in [-0.1, -0.05) is 52.5 Å². The number of carboxylic acids is 1. The third kappa shape index (κ3) is 3.48. The van der Waals surface area contributed by atoms with Gasteiger partial charge in [-0.2, -0.15) is 0 Å². The maximum absolute atomic E-state index is 11.2. The zero-order chi connectivity index (χ0) is 21.6. The van der Waals surface area contributed by atoms with Crippen LogP contribution < -0.4 is 0 Å². The van der Waals surface area contributed by atoms with Crippen LogP contribution in [0.2, 0.25) is 20.1 Å². The Balaban J connectivity index is 2.10. The lowest BCUT2D eigenvalue weighted by Crippen LogP contribution is -2.11. The normalized spacial score (nSPS) is 15.2. The molecule has 1 aromatic carbocycles. The number of aromatic nitrogens is 3. The minimum absolute atomic E-state index is 0.0884. The van der Waals surface area contributed by atoms with E-state index < -0.39 is 12.0 Å². The smallest absolute Gasteiger partial charge is 0.303 e. The molecule has 0 aliphatic carbocycles. The molecule has 0 saturated heterocycles. The molecule has 0 saturated carbocycles. The quantitative estimate of drug-likeness (QED) is 0.367. The molecule has 2 aromatic heterocycles. The Morgan fingerprint density at radius 1 is 1.10 bits per heavy atom. The second-order valence-electron chi connectivity index (χ2n) is 6.71. The van der Waals surface area contributed by atoms with E-state index in [1.807, 2.05) is 13.0 Å². The molecule has 154 valence electrons. The predicted octanol–water partition coefficient (Wildman–Crippen LogP) is 5.95. The number of hydrogen-bond donors (Lipinski definition) is 1. The Bertz CT molecular complexity index is 1190. The highest BCUT2D eigenvalue weighted by Crippen LogP contribution is 2.47. The number of fused-ring (bicyclic) bond motifs is 3. The number of aliphatic imine (C=N–C) groups is 1. The minimum Gasteiger partial charge on any atom is -0.481 e. The average Bonchev–Trinajstić information content (AvgIpc) is 3.03. The van der Waals surface area contributed by atoms with E-state index in [4.69, 9.17) is 51.4 Å². The van der Waals surface area contributed by atoms with Crippen molar-refractivity contribution in [1.82, 2.24) is 14.5 Å². The van der Waals surface area contributed by atoms with Crippen LogP contribution >= 0.6 is 46.4 Å². The molecule has 1 N–H and O–H groups in total. The van der Waals surface area contributed by atoms with Crippen LogP contribution in [-0.2, 0) is 4.79 Å². The standard InChI is InChI=1S/C20H14Cl4N4O2/c1-9-8-26-20-11(5-6-12(29)30)27-18(10-4-2-3-7-25-10)13-14(21)15(22)16(23)17(24)19(13)28(9)20/h2-4,7-8,11H,5-6H2,1H3,(H,29,30)/t11-/m0/s1. The van der Waals surface area contributed by atoms with E-state index in [-0.39, 0.29) is 32.9 Å². The number of nitrogens with zero attached hydrogens (tertiary/aromatic N) is 4. The van der Waals surface area contributed by atoms with E-state index in [1.165, 1.54) is 0 Å². The average molecular weight is 484 g/mol. The first-order valence-electron chi connectivity index (χ1n) is 8.93. The van der Waals surface area contributed by atoms with Crippen molar-refractivity contribution in [2.24, 2.45) is 4.99 Å². The Labute approximate surface area is 192 Å². The van der Waals surface area contributed by atoms with Crippen molar-refractivity contribution in [3.05, 3.63) is 73.5 Å². The molecule has 1 aliphatic heterocycles. The third-order valence-corrected chi connectivity index (χ3v) is 6.58. The van der Waals surface area contributed by atoms with Crippen LogP contribution in [0.25, 0.3) is 5.69 Å². The summed E-state index contributed by atoms with van der Waals surface area (Å²) in [6.07, 6.45) is 3.44. The number of aryl methyl sites for hydroxylation is 1. The zero-order valence-electron chi connectivity index (χ0n) is 15.5. The fraction of sp³-hybridized carbons (Fsp3) is 0.200. The van der Waals surface area contributed by atoms with Crippen LogP contribution in [0.15, 0.2) is 35.6 Å². The lowest BCUT2D eigenvalue weighted by Gasteiger charge is -2.18.